The van der Waals surface area contributed by atoms with Gasteiger partial charge in [0.2, 0.25) is 0 Å². The molecule has 0 aliphatic rings. The Morgan fingerprint density at radius 3 is 2.25 bits per heavy atom. The van der Waals surface area contributed by atoms with E-state index in [1.54, 1.807) is 13.8 Å². The first-order valence-corrected chi connectivity index (χ1v) is 4.73. The molecule has 0 rings (SSSR count). The maximum absolute atomic E-state index is 13.2. The maximum Gasteiger partial charge on any atom is 0.379 e. The SMILES string of the molecule is CCOC(=O)C(F)(F)C(O)C(N)C(C)C.Cl. The third kappa shape index (κ3) is 4.19. The zero-order valence-corrected chi connectivity index (χ0v) is 10.3. The van der Waals surface area contributed by atoms with Crippen molar-refractivity contribution in [2.45, 2.75) is 38.8 Å². The first-order valence-electron chi connectivity index (χ1n) is 4.73. The van der Waals surface area contributed by atoms with Gasteiger partial charge in [0.05, 0.1) is 6.61 Å². The van der Waals surface area contributed by atoms with Gasteiger partial charge >= 0.3 is 11.9 Å². The molecule has 0 spiro atoms. The molecule has 0 heterocycles. The molecule has 0 fully saturated rings. The Hall–Kier alpha value is -0.460. The normalized spacial score (nSPS) is 15.2. The molecule has 2 unspecified atom stereocenters. The van der Waals surface area contributed by atoms with Gasteiger partial charge in [-0.2, -0.15) is 8.78 Å². The fraction of sp³-hybridized carbons (Fsp3) is 0.889. The Balaban J connectivity index is 0. The molecule has 16 heavy (non-hydrogen) atoms. The van der Waals surface area contributed by atoms with Crippen LogP contribution in [-0.4, -0.2) is 35.8 Å². The fourth-order valence-electron chi connectivity index (χ4n) is 0.954. The predicted molar refractivity (Wildman–Crippen MR) is 57.6 cm³/mol. The molecule has 7 heteroatoms. The summed E-state index contributed by atoms with van der Waals surface area (Å²) in [6.45, 7) is 4.39. The van der Waals surface area contributed by atoms with Gasteiger partial charge < -0.3 is 15.6 Å². The van der Waals surface area contributed by atoms with E-state index in [1.165, 1.54) is 6.92 Å². The van der Waals surface area contributed by atoms with Crippen molar-refractivity contribution in [1.82, 2.24) is 0 Å². The molecule has 98 valence electrons. The van der Waals surface area contributed by atoms with Crippen LogP contribution in [0.1, 0.15) is 20.8 Å². The second-order valence-corrected chi connectivity index (χ2v) is 3.61. The Kier molecular flexibility index (Phi) is 7.82. The number of hydrogen-bond acceptors (Lipinski definition) is 4. The number of carbonyl (C=O) groups excluding carboxylic acids is 1. The molecule has 0 aliphatic heterocycles. The van der Waals surface area contributed by atoms with E-state index in [0.717, 1.165) is 0 Å². The number of rotatable bonds is 5. The number of alkyl halides is 2. The van der Waals surface area contributed by atoms with Crippen LogP contribution in [0.5, 0.6) is 0 Å². The predicted octanol–water partition coefficient (Wildman–Crippen LogP) is 0.951. The topological polar surface area (TPSA) is 72.5 Å². The van der Waals surface area contributed by atoms with E-state index in [0.29, 0.717) is 0 Å². The van der Waals surface area contributed by atoms with Crippen LogP contribution in [0.15, 0.2) is 0 Å². The first-order chi connectivity index (χ1) is 6.75. The average Bonchev–Trinajstić information content (AvgIpc) is 2.15. The van der Waals surface area contributed by atoms with Crippen LogP contribution in [0.4, 0.5) is 8.78 Å². The molecule has 0 amide bonds. The summed E-state index contributed by atoms with van der Waals surface area (Å²) in [5, 5.41) is 9.24. The molecular formula is C9H18ClF2NO3. The van der Waals surface area contributed by atoms with Crippen molar-refractivity contribution >= 4 is 18.4 Å². The van der Waals surface area contributed by atoms with Gasteiger partial charge in [0, 0.05) is 6.04 Å². The molecule has 3 N–H and O–H groups in total. The van der Waals surface area contributed by atoms with Crippen LogP contribution in [0.25, 0.3) is 0 Å². The highest BCUT2D eigenvalue weighted by atomic mass is 35.5. The van der Waals surface area contributed by atoms with Crippen LogP contribution in [0.2, 0.25) is 0 Å². The van der Waals surface area contributed by atoms with Crippen molar-refractivity contribution in [3.8, 4) is 0 Å². The second-order valence-electron chi connectivity index (χ2n) is 3.61. The molecule has 0 aromatic heterocycles. The van der Waals surface area contributed by atoms with Crippen LogP contribution in [0.3, 0.4) is 0 Å². The van der Waals surface area contributed by atoms with Crippen molar-refractivity contribution in [2.24, 2.45) is 11.7 Å². The third-order valence-electron chi connectivity index (χ3n) is 2.05. The standard InChI is InChI=1S/C9H17F2NO3.ClH/c1-4-15-8(14)9(10,11)7(13)6(12)5(2)3;/h5-7,13H,4,12H2,1-3H3;1H. The number of esters is 1. The summed E-state index contributed by atoms with van der Waals surface area (Å²) >= 11 is 0. The molecule has 0 radical (unpaired) electrons. The quantitative estimate of drug-likeness (QED) is 0.723. The highest BCUT2D eigenvalue weighted by molar-refractivity contribution is 5.85. The van der Waals surface area contributed by atoms with Gasteiger partial charge in [-0.05, 0) is 12.8 Å². The van der Waals surface area contributed by atoms with E-state index in [4.69, 9.17) is 5.73 Å². The van der Waals surface area contributed by atoms with Crippen LogP contribution >= 0.6 is 12.4 Å². The van der Waals surface area contributed by atoms with Crippen molar-refractivity contribution in [1.29, 1.82) is 0 Å². The number of halogens is 3. The molecule has 4 nitrogen and oxygen atoms in total. The monoisotopic (exact) mass is 261 g/mol. The van der Waals surface area contributed by atoms with Gasteiger partial charge in [0.25, 0.3) is 0 Å². The second kappa shape index (κ2) is 6.98. The lowest BCUT2D eigenvalue weighted by molar-refractivity contribution is -0.191. The van der Waals surface area contributed by atoms with Crippen molar-refractivity contribution in [3.05, 3.63) is 0 Å². The van der Waals surface area contributed by atoms with Gasteiger partial charge in [-0.3, -0.25) is 0 Å². The molecule has 0 saturated heterocycles. The maximum atomic E-state index is 13.2. The van der Waals surface area contributed by atoms with Crippen molar-refractivity contribution in [3.63, 3.8) is 0 Å². The van der Waals surface area contributed by atoms with Crippen LogP contribution in [-0.2, 0) is 9.53 Å². The Morgan fingerprint density at radius 2 is 1.94 bits per heavy atom. The van der Waals surface area contributed by atoms with E-state index in [2.05, 4.69) is 4.74 Å². The number of nitrogens with two attached hydrogens (primary N) is 1. The lowest BCUT2D eigenvalue weighted by Gasteiger charge is -2.27. The van der Waals surface area contributed by atoms with E-state index in [9.17, 15) is 18.7 Å². The summed E-state index contributed by atoms with van der Waals surface area (Å²) in [5.41, 5.74) is 5.34. The highest BCUT2D eigenvalue weighted by Gasteiger charge is 2.51. The molecule has 0 saturated carbocycles. The van der Waals surface area contributed by atoms with E-state index >= 15 is 0 Å². The highest BCUT2D eigenvalue weighted by Crippen LogP contribution is 2.24. The number of aliphatic hydroxyl groups is 1. The Labute approximate surface area is 99.6 Å². The lowest BCUT2D eigenvalue weighted by atomic mass is 9.95. The zero-order chi connectivity index (χ0) is 12.2. The molecule has 0 bridgehead atoms. The third-order valence-corrected chi connectivity index (χ3v) is 2.05. The molecule has 0 aliphatic carbocycles. The number of aliphatic hydroxyl groups excluding tert-OH is 1. The number of ether oxygens (including phenoxy) is 1. The van der Waals surface area contributed by atoms with Gasteiger partial charge in [-0.15, -0.1) is 12.4 Å². The summed E-state index contributed by atoms with van der Waals surface area (Å²) < 4.78 is 30.6. The summed E-state index contributed by atoms with van der Waals surface area (Å²) in [5.74, 6) is -6.06. The summed E-state index contributed by atoms with van der Waals surface area (Å²) in [6, 6.07) is -1.18. The van der Waals surface area contributed by atoms with E-state index in [1.807, 2.05) is 0 Å². The van der Waals surface area contributed by atoms with E-state index < -0.39 is 24.0 Å². The van der Waals surface area contributed by atoms with Crippen LogP contribution < -0.4 is 5.73 Å². The number of carbonyl (C=O) groups is 1. The molecule has 0 aromatic carbocycles. The Bertz CT molecular complexity index is 227. The van der Waals surface area contributed by atoms with Crippen molar-refractivity contribution < 1.29 is 23.4 Å². The Morgan fingerprint density at radius 1 is 1.50 bits per heavy atom. The summed E-state index contributed by atoms with van der Waals surface area (Å²) in [4.78, 5) is 10.8. The fourth-order valence-corrected chi connectivity index (χ4v) is 0.954. The summed E-state index contributed by atoms with van der Waals surface area (Å²) in [7, 11) is 0. The minimum atomic E-state index is -3.96. The summed E-state index contributed by atoms with van der Waals surface area (Å²) in [6.07, 6.45) is -2.23. The van der Waals surface area contributed by atoms with Gasteiger partial charge in [-0.1, -0.05) is 13.8 Å². The minimum Gasteiger partial charge on any atom is -0.461 e. The molecule has 2 atom stereocenters. The zero-order valence-electron chi connectivity index (χ0n) is 9.44. The molecular weight excluding hydrogens is 244 g/mol. The van der Waals surface area contributed by atoms with Gasteiger partial charge in [-0.25, -0.2) is 4.79 Å². The van der Waals surface area contributed by atoms with Gasteiger partial charge in [0.1, 0.15) is 6.10 Å². The average molecular weight is 262 g/mol. The largest absolute Gasteiger partial charge is 0.461 e. The van der Waals surface area contributed by atoms with Crippen molar-refractivity contribution in [2.75, 3.05) is 6.61 Å². The van der Waals surface area contributed by atoms with Gasteiger partial charge in [0.15, 0.2) is 0 Å². The van der Waals surface area contributed by atoms with Crippen LogP contribution in [0, 0.1) is 5.92 Å². The number of hydrogen-bond donors (Lipinski definition) is 2. The minimum absolute atomic E-state index is 0. The van der Waals surface area contributed by atoms with E-state index in [-0.39, 0.29) is 24.9 Å². The lowest BCUT2D eigenvalue weighted by Crippen LogP contribution is -2.54. The first kappa shape index (κ1) is 17.9. The smallest absolute Gasteiger partial charge is 0.379 e. The molecule has 0 aromatic rings.